The van der Waals surface area contributed by atoms with E-state index in [2.05, 4.69) is 19.9 Å². The number of anilines is 1. The zero-order valence-corrected chi connectivity index (χ0v) is 18.2. The number of pyridine rings is 1. The van der Waals surface area contributed by atoms with E-state index < -0.39 is 0 Å². The molecule has 0 aliphatic carbocycles. The lowest BCUT2D eigenvalue weighted by atomic mass is 10.0. The van der Waals surface area contributed by atoms with Crippen molar-refractivity contribution in [2.45, 2.75) is 6.92 Å². The molecule has 0 amide bonds. The quantitative estimate of drug-likeness (QED) is 0.277. The van der Waals surface area contributed by atoms with E-state index in [9.17, 15) is 0 Å². The maximum absolute atomic E-state index is 7.35. The predicted molar refractivity (Wildman–Crippen MR) is 131 cm³/mol. The molecule has 3 heterocycles. The first-order chi connectivity index (χ1) is 16.0. The van der Waals surface area contributed by atoms with Crippen LogP contribution in [0.2, 0.25) is 5.02 Å². The highest BCUT2D eigenvalue weighted by atomic mass is 35.5. The number of aryl methyl sites for hydroxylation is 1. The third-order valence-electron chi connectivity index (χ3n) is 5.33. The summed E-state index contributed by atoms with van der Waals surface area (Å²) in [6.07, 6.45) is 4.03. The second kappa shape index (κ2) is 7.95. The molecule has 0 bridgehead atoms. The summed E-state index contributed by atoms with van der Waals surface area (Å²) in [6, 6.07) is 13.1. The fraction of sp³-hybridized carbons (Fsp3) is 0.0435. The predicted octanol–water partition coefficient (Wildman–Crippen LogP) is 3.89. The van der Waals surface area contributed by atoms with Crippen molar-refractivity contribution < 1.29 is 0 Å². The summed E-state index contributed by atoms with van der Waals surface area (Å²) in [5.41, 5.74) is 17.1. The minimum atomic E-state index is 0.172. The van der Waals surface area contributed by atoms with Crippen LogP contribution in [-0.2, 0) is 0 Å². The fourth-order valence-corrected chi connectivity index (χ4v) is 4.15. The zero-order valence-electron chi connectivity index (χ0n) is 17.5. The molecule has 0 spiro atoms. The Balaban J connectivity index is 1.89. The molecule has 0 unspecified atom stereocenters. The molecule has 0 fully saturated rings. The van der Waals surface area contributed by atoms with Crippen LogP contribution in [0.25, 0.3) is 38.9 Å². The van der Waals surface area contributed by atoms with Crippen LogP contribution in [-0.4, -0.2) is 36.7 Å². The number of hydrogen-bond acceptors (Lipinski definition) is 6. The first kappa shape index (κ1) is 20.5. The van der Waals surface area contributed by atoms with Crippen molar-refractivity contribution in [3.8, 4) is 16.9 Å². The molecule has 5 N–H and O–H groups in total. The first-order valence-corrected chi connectivity index (χ1v) is 10.3. The van der Waals surface area contributed by atoms with Gasteiger partial charge in [-0.25, -0.2) is 19.9 Å². The molecule has 162 valence electrons. The van der Waals surface area contributed by atoms with Crippen LogP contribution in [0.5, 0.6) is 0 Å². The Bertz CT molecular complexity index is 1590. The Hall–Kier alpha value is -4.37. The lowest BCUT2D eigenvalue weighted by molar-refractivity contribution is 1.01. The Kier molecular flexibility index (Phi) is 4.95. The number of aromatic nitrogens is 5. The van der Waals surface area contributed by atoms with Gasteiger partial charge in [0, 0.05) is 28.8 Å². The zero-order chi connectivity index (χ0) is 23.1. The third-order valence-corrected chi connectivity index (χ3v) is 5.64. The maximum Gasteiger partial charge on any atom is 0.134 e. The number of para-hydroxylation sites is 1. The molecule has 5 aromatic rings. The van der Waals surface area contributed by atoms with Crippen LogP contribution in [0.15, 0.2) is 60.0 Å². The van der Waals surface area contributed by atoms with Crippen LogP contribution >= 0.6 is 11.6 Å². The van der Waals surface area contributed by atoms with Gasteiger partial charge in [0.25, 0.3) is 0 Å². The van der Waals surface area contributed by atoms with Gasteiger partial charge in [-0.3, -0.25) is 15.0 Å². The molecule has 9 nitrogen and oxygen atoms in total. The number of aliphatic imine (C=N–C) groups is 1. The molecule has 10 heteroatoms. The number of hydrogen-bond donors (Lipinski definition) is 3. The van der Waals surface area contributed by atoms with Crippen molar-refractivity contribution in [3.63, 3.8) is 0 Å². The Morgan fingerprint density at radius 2 is 1.97 bits per heavy atom. The summed E-state index contributed by atoms with van der Waals surface area (Å²) < 4.78 is 2.02. The highest BCUT2D eigenvalue weighted by Gasteiger charge is 2.19. The molecule has 0 radical (unpaired) electrons. The molecule has 0 saturated heterocycles. The monoisotopic (exact) mass is 455 g/mol. The number of nitrogens with zero attached hydrogens (tertiary/aromatic N) is 6. The van der Waals surface area contributed by atoms with Crippen LogP contribution in [0.1, 0.15) is 11.4 Å². The number of nitrogen functional groups attached to an aromatic ring is 1. The summed E-state index contributed by atoms with van der Waals surface area (Å²) in [7, 11) is 0. The Labute approximate surface area is 193 Å². The Morgan fingerprint density at radius 1 is 1.12 bits per heavy atom. The summed E-state index contributed by atoms with van der Waals surface area (Å²) in [6.45, 7) is 1.91. The van der Waals surface area contributed by atoms with Crippen LogP contribution < -0.4 is 11.5 Å². The van der Waals surface area contributed by atoms with Crippen molar-refractivity contribution in [1.82, 2.24) is 24.5 Å². The van der Waals surface area contributed by atoms with Gasteiger partial charge in [0.05, 0.1) is 27.4 Å². The van der Waals surface area contributed by atoms with E-state index >= 15 is 0 Å². The van der Waals surface area contributed by atoms with Gasteiger partial charge >= 0.3 is 0 Å². The largest absolute Gasteiger partial charge is 0.384 e. The van der Waals surface area contributed by atoms with Gasteiger partial charge in [-0.1, -0.05) is 23.7 Å². The normalized spacial score (nSPS) is 11.9. The van der Waals surface area contributed by atoms with Gasteiger partial charge in [-0.05, 0) is 31.2 Å². The molecule has 2 aromatic carbocycles. The molecule has 0 aliphatic rings. The molecule has 0 aliphatic heterocycles. The summed E-state index contributed by atoms with van der Waals surface area (Å²) in [4.78, 5) is 21.5. The molecule has 0 saturated carbocycles. The van der Waals surface area contributed by atoms with E-state index in [1.807, 2.05) is 47.9 Å². The molecule has 33 heavy (non-hydrogen) atoms. The van der Waals surface area contributed by atoms with E-state index in [0.717, 1.165) is 34.3 Å². The SMILES string of the molecule is Cc1nc2c(C(N)=NC=N)cc(-c3cc(N)ncn3)cc2n1-c1ccnc2c(Cl)cccc12. The summed E-state index contributed by atoms with van der Waals surface area (Å²) in [5, 5.41) is 8.80. The summed E-state index contributed by atoms with van der Waals surface area (Å²) >= 11 is 6.40. The number of rotatable bonds is 4. The number of nitrogens with one attached hydrogen (secondary N) is 1. The molecule has 5 rings (SSSR count). The van der Waals surface area contributed by atoms with Crippen molar-refractivity contribution in [2.24, 2.45) is 10.7 Å². The number of benzene rings is 2. The number of imidazole rings is 1. The van der Waals surface area contributed by atoms with Crippen LogP contribution in [0.3, 0.4) is 0 Å². The lowest BCUT2D eigenvalue weighted by Crippen LogP contribution is -2.14. The minimum Gasteiger partial charge on any atom is -0.384 e. The number of amidine groups is 1. The number of fused-ring (bicyclic) bond motifs is 2. The van der Waals surface area contributed by atoms with Crippen molar-refractivity contribution in [1.29, 1.82) is 5.41 Å². The van der Waals surface area contributed by atoms with Crippen LogP contribution in [0, 0.1) is 12.3 Å². The highest BCUT2D eigenvalue weighted by molar-refractivity contribution is 6.35. The van der Waals surface area contributed by atoms with Gasteiger partial charge < -0.3 is 11.5 Å². The van der Waals surface area contributed by atoms with E-state index in [0.29, 0.717) is 33.1 Å². The van der Waals surface area contributed by atoms with E-state index in [1.165, 1.54) is 6.33 Å². The van der Waals surface area contributed by atoms with E-state index in [-0.39, 0.29) is 5.84 Å². The molecule has 3 aromatic heterocycles. The first-order valence-electron chi connectivity index (χ1n) is 9.95. The van der Waals surface area contributed by atoms with Gasteiger partial charge in [-0.15, -0.1) is 0 Å². The topological polar surface area (TPSA) is 145 Å². The smallest absolute Gasteiger partial charge is 0.134 e. The van der Waals surface area contributed by atoms with Gasteiger partial charge in [0.1, 0.15) is 35.7 Å². The average Bonchev–Trinajstić information content (AvgIpc) is 3.14. The highest BCUT2D eigenvalue weighted by Crippen LogP contribution is 2.33. The van der Waals surface area contributed by atoms with Gasteiger partial charge in [-0.2, -0.15) is 0 Å². The standard InChI is InChI=1S/C23H18ClN9/c1-12-32-22-15(23(27)29-10-25)7-13(17-9-20(26)31-11-30-17)8-19(22)33(12)18-5-6-28-21-14(18)3-2-4-16(21)24/h2-11H,1H3,(H3,25,27,29)(H2,26,30,31). The van der Waals surface area contributed by atoms with Crippen LogP contribution in [0.4, 0.5) is 5.82 Å². The Morgan fingerprint density at radius 3 is 2.76 bits per heavy atom. The third kappa shape index (κ3) is 3.44. The number of halogens is 1. The van der Waals surface area contributed by atoms with E-state index in [4.69, 9.17) is 33.5 Å². The van der Waals surface area contributed by atoms with E-state index in [1.54, 1.807) is 12.3 Å². The fourth-order valence-electron chi connectivity index (χ4n) is 3.93. The van der Waals surface area contributed by atoms with Crippen molar-refractivity contribution >= 4 is 51.5 Å². The molecule has 0 atom stereocenters. The second-order valence-electron chi connectivity index (χ2n) is 7.32. The maximum atomic E-state index is 7.35. The minimum absolute atomic E-state index is 0.172. The second-order valence-corrected chi connectivity index (χ2v) is 7.73. The van der Waals surface area contributed by atoms with Crippen molar-refractivity contribution in [2.75, 3.05) is 5.73 Å². The van der Waals surface area contributed by atoms with Gasteiger partial charge in [0.15, 0.2) is 0 Å². The number of nitrogens with two attached hydrogens (primary N) is 2. The summed E-state index contributed by atoms with van der Waals surface area (Å²) in [5.74, 6) is 1.26. The van der Waals surface area contributed by atoms with Gasteiger partial charge in [0.2, 0.25) is 0 Å². The average molecular weight is 456 g/mol. The van der Waals surface area contributed by atoms with Crippen molar-refractivity contribution in [3.05, 3.63) is 71.4 Å². The molecular formula is C23H18ClN9. The molecular weight excluding hydrogens is 438 g/mol. The lowest BCUT2D eigenvalue weighted by Gasteiger charge is -2.12.